The predicted molar refractivity (Wildman–Crippen MR) is 124 cm³/mol. The zero-order valence-electron chi connectivity index (χ0n) is 18.5. The van der Waals surface area contributed by atoms with Crippen molar-refractivity contribution in [2.24, 2.45) is 5.41 Å². The number of hydrogen-bond donors (Lipinski definition) is 3. The second-order valence-corrected chi connectivity index (χ2v) is 10.1. The fraction of sp³-hybridized carbons (Fsp3) is 0.348. The van der Waals surface area contributed by atoms with Gasteiger partial charge in [0.05, 0.1) is 10.2 Å². The Bertz CT molecular complexity index is 1310. The molecule has 2 heterocycles. The second-order valence-electron chi connectivity index (χ2n) is 9.05. The Morgan fingerprint density at radius 1 is 1.14 bits per heavy atom. The number of anilines is 2. The van der Waals surface area contributed by atoms with Gasteiger partial charge in [-0.3, -0.25) is 15.4 Å². The summed E-state index contributed by atoms with van der Waals surface area (Å²) in [4.78, 5) is 30.8. The maximum atomic E-state index is 14.6. The summed E-state index contributed by atoms with van der Waals surface area (Å²) in [6.07, 6.45) is -3.34. The third-order valence-corrected chi connectivity index (χ3v) is 7.43. The SMILES string of the molecule is CN1CC2(CC2)CNC(c2ccc3nc(NC(=O)Nc4ccc(F)cc4)sc3c2)(C(F)(F)F)C1=O. The number of rotatable bonds is 3. The molecule has 0 bridgehead atoms. The Labute approximate surface area is 201 Å². The third kappa shape index (κ3) is 4.20. The molecule has 0 radical (unpaired) electrons. The summed E-state index contributed by atoms with van der Waals surface area (Å²) in [6.45, 7) is 0.358. The fourth-order valence-corrected chi connectivity index (χ4v) is 5.34. The highest BCUT2D eigenvalue weighted by Gasteiger charge is 2.65. The molecule has 2 fully saturated rings. The van der Waals surface area contributed by atoms with E-state index < -0.39 is 29.5 Å². The molecule has 1 spiro atoms. The number of halogens is 4. The minimum atomic E-state index is -4.88. The second kappa shape index (κ2) is 8.16. The molecule has 35 heavy (non-hydrogen) atoms. The molecule has 2 aliphatic rings. The fourth-order valence-electron chi connectivity index (χ4n) is 4.44. The van der Waals surface area contributed by atoms with Crippen LogP contribution in [-0.4, -0.2) is 48.1 Å². The summed E-state index contributed by atoms with van der Waals surface area (Å²) >= 11 is 0.982. The minimum absolute atomic E-state index is 0.0830. The van der Waals surface area contributed by atoms with Crippen LogP contribution in [0.25, 0.3) is 10.2 Å². The van der Waals surface area contributed by atoms with Crippen molar-refractivity contribution in [3.8, 4) is 0 Å². The summed E-state index contributed by atoms with van der Waals surface area (Å²) in [5.41, 5.74) is -2.69. The molecule has 3 amide bonds. The number of thiazole rings is 1. The molecule has 3 N–H and O–H groups in total. The molecule has 1 saturated heterocycles. The highest BCUT2D eigenvalue weighted by Crippen LogP contribution is 2.51. The lowest BCUT2D eigenvalue weighted by atomic mass is 9.87. The van der Waals surface area contributed by atoms with Crippen LogP contribution in [0.1, 0.15) is 18.4 Å². The molecule has 1 unspecified atom stereocenters. The standard InChI is InChI=1S/C23H21F4N5O2S/c1-32-12-21(8-9-21)11-28-22(18(32)33,23(25,26)27)13-2-7-16-17(10-13)35-20(30-16)31-19(34)29-15-5-3-14(24)4-6-15/h2-7,10,28H,8-9,11-12H2,1H3,(H2,29,30,31,34). The Balaban J connectivity index is 1.44. The van der Waals surface area contributed by atoms with Crippen molar-refractivity contribution < 1.29 is 27.2 Å². The van der Waals surface area contributed by atoms with Crippen molar-refractivity contribution in [2.45, 2.75) is 24.6 Å². The molecule has 1 aromatic heterocycles. The molecular formula is C23H21F4N5O2S. The Kier molecular flexibility index (Phi) is 5.48. The van der Waals surface area contributed by atoms with E-state index >= 15 is 0 Å². The van der Waals surface area contributed by atoms with Gasteiger partial charge in [0.2, 0.25) is 5.54 Å². The molecule has 5 rings (SSSR count). The van der Waals surface area contributed by atoms with Gasteiger partial charge >= 0.3 is 12.2 Å². The van der Waals surface area contributed by atoms with Crippen LogP contribution >= 0.6 is 11.3 Å². The maximum absolute atomic E-state index is 14.6. The average molecular weight is 508 g/mol. The Morgan fingerprint density at radius 3 is 2.51 bits per heavy atom. The minimum Gasteiger partial charge on any atom is -0.343 e. The topological polar surface area (TPSA) is 86.4 Å². The van der Waals surface area contributed by atoms with Crippen molar-refractivity contribution in [1.82, 2.24) is 15.2 Å². The number of aromatic nitrogens is 1. The van der Waals surface area contributed by atoms with Gasteiger partial charge in [0.1, 0.15) is 5.82 Å². The van der Waals surface area contributed by atoms with Crippen molar-refractivity contribution in [2.75, 3.05) is 30.8 Å². The maximum Gasteiger partial charge on any atom is 0.419 e. The lowest BCUT2D eigenvalue weighted by Gasteiger charge is -2.36. The van der Waals surface area contributed by atoms with Gasteiger partial charge < -0.3 is 10.2 Å². The summed E-state index contributed by atoms with van der Waals surface area (Å²) in [5.74, 6) is -1.50. The van der Waals surface area contributed by atoms with E-state index in [1.54, 1.807) is 0 Å². The lowest BCUT2D eigenvalue weighted by molar-refractivity contribution is -0.206. The van der Waals surface area contributed by atoms with Gasteiger partial charge in [0.15, 0.2) is 5.13 Å². The van der Waals surface area contributed by atoms with Gasteiger partial charge in [0, 0.05) is 31.2 Å². The molecule has 7 nitrogen and oxygen atoms in total. The van der Waals surface area contributed by atoms with Crippen molar-refractivity contribution in [3.05, 3.63) is 53.8 Å². The number of urea groups is 1. The van der Waals surface area contributed by atoms with Crippen LogP contribution in [0.2, 0.25) is 0 Å². The van der Waals surface area contributed by atoms with E-state index in [2.05, 4.69) is 20.9 Å². The number of likely N-dealkylation sites (N-methyl/N-ethyl adjacent to an activating group) is 1. The van der Waals surface area contributed by atoms with Gasteiger partial charge in [0.25, 0.3) is 5.91 Å². The van der Waals surface area contributed by atoms with Gasteiger partial charge in [-0.15, -0.1) is 0 Å². The van der Waals surface area contributed by atoms with Crippen LogP contribution in [-0.2, 0) is 10.3 Å². The first-order valence-corrected chi connectivity index (χ1v) is 11.7. The number of hydrogen-bond acceptors (Lipinski definition) is 5. The average Bonchev–Trinajstić information content (AvgIpc) is 3.45. The van der Waals surface area contributed by atoms with Crippen LogP contribution in [0.3, 0.4) is 0 Å². The highest BCUT2D eigenvalue weighted by atomic mass is 32.1. The Hall–Kier alpha value is -3.25. The lowest BCUT2D eigenvalue weighted by Crippen LogP contribution is -2.61. The molecule has 1 atom stereocenters. The van der Waals surface area contributed by atoms with E-state index in [9.17, 15) is 27.2 Å². The number of nitrogens with zero attached hydrogens (tertiary/aromatic N) is 2. The van der Waals surface area contributed by atoms with Gasteiger partial charge in [-0.1, -0.05) is 17.4 Å². The number of carbonyl (C=O) groups is 2. The Morgan fingerprint density at radius 2 is 1.86 bits per heavy atom. The first-order chi connectivity index (χ1) is 16.5. The van der Waals surface area contributed by atoms with Crippen molar-refractivity contribution >= 4 is 44.3 Å². The molecule has 1 aliphatic carbocycles. The summed E-state index contributed by atoms with van der Waals surface area (Å²) in [7, 11) is 1.41. The summed E-state index contributed by atoms with van der Waals surface area (Å²) < 4.78 is 57.1. The van der Waals surface area contributed by atoms with E-state index in [-0.39, 0.29) is 29.2 Å². The largest absolute Gasteiger partial charge is 0.419 e. The smallest absolute Gasteiger partial charge is 0.343 e. The van der Waals surface area contributed by atoms with Crippen LogP contribution in [0.15, 0.2) is 42.5 Å². The third-order valence-electron chi connectivity index (χ3n) is 6.49. The normalized spacial score (nSPS) is 21.7. The van der Waals surface area contributed by atoms with Crippen molar-refractivity contribution in [3.63, 3.8) is 0 Å². The van der Waals surface area contributed by atoms with Gasteiger partial charge in [-0.2, -0.15) is 13.2 Å². The van der Waals surface area contributed by atoms with E-state index in [0.29, 0.717) is 15.9 Å². The molecule has 3 aromatic rings. The molecule has 12 heteroatoms. The molecular weight excluding hydrogens is 486 g/mol. The molecule has 184 valence electrons. The number of amides is 3. The molecule has 1 aliphatic heterocycles. The zero-order valence-corrected chi connectivity index (χ0v) is 19.3. The monoisotopic (exact) mass is 507 g/mol. The predicted octanol–water partition coefficient (Wildman–Crippen LogP) is 4.68. The van der Waals surface area contributed by atoms with Crippen LogP contribution in [0.4, 0.5) is 33.2 Å². The number of alkyl halides is 3. The quantitative estimate of drug-likeness (QED) is 0.450. The summed E-state index contributed by atoms with van der Waals surface area (Å²) in [5, 5.41) is 7.79. The molecule has 1 saturated carbocycles. The van der Waals surface area contributed by atoms with Crippen LogP contribution in [0, 0.1) is 11.2 Å². The number of fused-ring (bicyclic) bond motifs is 1. The highest BCUT2D eigenvalue weighted by molar-refractivity contribution is 7.22. The van der Waals surface area contributed by atoms with E-state index in [1.807, 2.05) is 0 Å². The first-order valence-electron chi connectivity index (χ1n) is 10.8. The van der Waals surface area contributed by atoms with Crippen LogP contribution in [0.5, 0.6) is 0 Å². The first kappa shape index (κ1) is 23.5. The summed E-state index contributed by atoms with van der Waals surface area (Å²) in [6, 6.07) is 8.47. The van der Waals surface area contributed by atoms with E-state index in [0.717, 1.165) is 24.2 Å². The van der Waals surface area contributed by atoms with Crippen LogP contribution < -0.4 is 16.0 Å². The zero-order chi connectivity index (χ0) is 25.0. The van der Waals surface area contributed by atoms with Crippen molar-refractivity contribution in [1.29, 1.82) is 0 Å². The molecule has 2 aromatic carbocycles. The van der Waals surface area contributed by atoms with Gasteiger partial charge in [-0.25, -0.2) is 14.2 Å². The number of nitrogens with one attached hydrogen (secondary N) is 3. The van der Waals surface area contributed by atoms with E-state index in [1.165, 1.54) is 54.4 Å². The van der Waals surface area contributed by atoms with Gasteiger partial charge in [-0.05, 0) is 54.8 Å². The number of benzene rings is 2. The van der Waals surface area contributed by atoms with E-state index in [4.69, 9.17) is 0 Å². The number of carbonyl (C=O) groups excluding carboxylic acids is 2.